The van der Waals surface area contributed by atoms with Gasteiger partial charge in [-0.2, -0.15) is 0 Å². The van der Waals surface area contributed by atoms with Crippen LogP contribution in [0.4, 0.5) is 4.39 Å². The number of hydrogen-bond acceptors (Lipinski definition) is 2. The largest absolute Gasteiger partial charge is 0.463 e. The van der Waals surface area contributed by atoms with Gasteiger partial charge in [0.15, 0.2) is 0 Å². The molecule has 0 atom stereocenters. The molecule has 0 saturated heterocycles. The van der Waals surface area contributed by atoms with Crippen molar-refractivity contribution in [3.63, 3.8) is 0 Å². The van der Waals surface area contributed by atoms with E-state index in [0.717, 1.165) is 17.4 Å². The molecule has 0 saturated carbocycles. The minimum absolute atomic E-state index is 0.501. The number of benzene rings is 2. The topological polar surface area (TPSA) is 26.3 Å². The van der Waals surface area contributed by atoms with Gasteiger partial charge in [-0.15, -0.1) is 0 Å². The zero-order chi connectivity index (χ0) is 12.1. The molecule has 0 radical (unpaired) electrons. The highest BCUT2D eigenvalue weighted by Gasteiger charge is 1.99. The van der Waals surface area contributed by atoms with Gasteiger partial charge in [0, 0.05) is 5.56 Å². The predicted molar refractivity (Wildman–Crippen MR) is 63.9 cm³/mol. The van der Waals surface area contributed by atoms with Crippen LogP contribution < -0.4 is 4.74 Å². The van der Waals surface area contributed by atoms with E-state index >= 15 is 0 Å². The minimum Gasteiger partial charge on any atom is -0.463 e. The molecule has 0 amide bonds. The van der Waals surface area contributed by atoms with Gasteiger partial charge < -0.3 is 4.74 Å². The molecule has 2 rings (SSSR count). The van der Waals surface area contributed by atoms with Crippen molar-refractivity contribution in [1.29, 1.82) is 0 Å². The lowest BCUT2D eigenvalue weighted by Gasteiger charge is -2.04. The van der Waals surface area contributed by atoms with Gasteiger partial charge in [-0.25, -0.2) is 4.39 Å². The van der Waals surface area contributed by atoms with Crippen LogP contribution in [0.1, 0.15) is 10.4 Å². The Kier molecular flexibility index (Phi) is 3.50. The molecule has 17 heavy (non-hydrogen) atoms. The van der Waals surface area contributed by atoms with Crippen LogP contribution >= 0.6 is 0 Å². The Bertz CT molecular complexity index is 489. The lowest BCUT2D eigenvalue weighted by atomic mass is 10.0. The maximum atomic E-state index is 11.9. The van der Waals surface area contributed by atoms with Crippen molar-refractivity contribution in [3.8, 4) is 16.9 Å². The second-order valence-electron chi connectivity index (χ2n) is 3.52. The lowest BCUT2D eigenvalue weighted by Crippen LogP contribution is -1.89. The Labute approximate surface area is 98.7 Å². The summed E-state index contributed by atoms with van der Waals surface area (Å²) in [7, 11) is 0. The normalized spacial score (nSPS) is 9.94. The number of carbonyl (C=O) groups is 1. The third-order valence-electron chi connectivity index (χ3n) is 2.46. The molecule has 0 aromatic heterocycles. The SMILES string of the molecule is O=Cc1ccc(-c2ccc(OCF)cc2)cc1. The number of carbonyl (C=O) groups excluding carboxylic acids is 1. The molecule has 0 aliphatic heterocycles. The second kappa shape index (κ2) is 5.25. The maximum Gasteiger partial charge on any atom is 0.228 e. The summed E-state index contributed by atoms with van der Waals surface area (Å²) in [5.41, 5.74) is 2.64. The molecule has 0 unspecified atom stereocenters. The third-order valence-corrected chi connectivity index (χ3v) is 2.46. The molecule has 3 heteroatoms. The van der Waals surface area contributed by atoms with E-state index in [1.807, 2.05) is 24.3 Å². The molecule has 0 heterocycles. The highest BCUT2D eigenvalue weighted by Crippen LogP contribution is 2.22. The van der Waals surface area contributed by atoms with Crippen molar-refractivity contribution in [2.75, 3.05) is 6.86 Å². The summed E-state index contributed by atoms with van der Waals surface area (Å²) in [6, 6.07) is 14.4. The van der Waals surface area contributed by atoms with Crippen molar-refractivity contribution < 1.29 is 13.9 Å². The van der Waals surface area contributed by atoms with Crippen LogP contribution in [0.25, 0.3) is 11.1 Å². The second-order valence-corrected chi connectivity index (χ2v) is 3.52. The standard InChI is InChI=1S/C14H11FO2/c15-10-17-14-7-5-13(6-8-14)12-3-1-11(9-16)2-4-12/h1-9H,10H2. The summed E-state index contributed by atoms with van der Waals surface area (Å²) >= 11 is 0. The van der Waals surface area contributed by atoms with Gasteiger partial charge in [0.05, 0.1) is 0 Å². The van der Waals surface area contributed by atoms with E-state index in [9.17, 15) is 9.18 Å². The first-order valence-electron chi connectivity index (χ1n) is 5.18. The van der Waals surface area contributed by atoms with Crippen LogP contribution in [0.3, 0.4) is 0 Å². The van der Waals surface area contributed by atoms with Crippen LogP contribution in [-0.2, 0) is 0 Å². The molecule has 2 aromatic carbocycles. The molecule has 0 spiro atoms. The fourth-order valence-electron chi connectivity index (χ4n) is 1.56. The van der Waals surface area contributed by atoms with Crippen LogP contribution in [0.2, 0.25) is 0 Å². The first-order valence-corrected chi connectivity index (χ1v) is 5.18. The van der Waals surface area contributed by atoms with E-state index in [-0.39, 0.29) is 0 Å². The number of hydrogen-bond donors (Lipinski definition) is 0. The first-order chi connectivity index (χ1) is 8.33. The minimum atomic E-state index is -0.826. The molecular formula is C14H11FO2. The fraction of sp³-hybridized carbons (Fsp3) is 0.0714. The zero-order valence-corrected chi connectivity index (χ0v) is 9.10. The molecule has 86 valence electrons. The summed E-state index contributed by atoms with van der Waals surface area (Å²) in [5, 5.41) is 0. The maximum absolute atomic E-state index is 11.9. The van der Waals surface area contributed by atoms with Gasteiger partial charge in [-0.3, -0.25) is 4.79 Å². The van der Waals surface area contributed by atoms with E-state index in [0.29, 0.717) is 11.3 Å². The van der Waals surface area contributed by atoms with E-state index in [1.165, 1.54) is 0 Å². The molecule has 0 bridgehead atoms. The molecule has 0 N–H and O–H groups in total. The van der Waals surface area contributed by atoms with Gasteiger partial charge >= 0.3 is 0 Å². The van der Waals surface area contributed by atoms with Gasteiger partial charge in [0.25, 0.3) is 0 Å². The number of ether oxygens (including phenoxy) is 1. The van der Waals surface area contributed by atoms with Crippen LogP contribution in [0.15, 0.2) is 48.5 Å². The van der Waals surface area contributed by atoms with Crippen molar-refractivity contribution in [2.45, 2.75) is 0 Å². The number of halogens is 1. The summed E-state index contributed by atoms with van der Waals surface area (Å²) in [5.74, 6) is 0.501. The van der Waals surface area contributed by atoms with Gasteiger partial charge in [-0.1, -0.05) is 36.4 Å². The van der Waals surface area contributed by atoms with Crippen molar-refractivity contribution >= 4 is 6.29 Å². The van der Waals surface area contributed by atoms with Crippen molar-refractivity contribution in [1.82, 2.24) is 0 Å². The zero-order valence-electron chi connectivity index (χ0n) is 9.10. The predicted octanol–water partition coefficient (Wildman–Crippen LogP) is 3.47. The van der Waals surface area contributed by atoms with E-state index in [4.69, 9.17) is 4.74 Å². The Hall–Kier alpha value is -2.16. The summed E-state index contributed by atoms with van der Waals surface area (Å²) in [6.07, 6.45) is 0.808. The molecule has 0 aliphatic rings. The van der Waals surface area contributed by atoms with Gasteiger partial charge in [0.1, 0.15) is 12.0 Å². The highest BCUT2D eigenvalue weighted by atomic mass is 19.1. The van der Waals surface area contributed by atoms with Gasteiger partial charge in [-0.05, 0) is 23.3 Å². The number of alkyl halides is 1. The van der Waals surface area contributed by atoms with Crippen molar-refractivity contribution in [3.05, 3.63) is 54.1 Å². The molecule has 0 fully saturated rings. The van der Waals surface area contributed by atoms with Crippen LogP contribution in [0.5, 0.6) is 5.75 Å². The Morgan fingerprint density at radius 2 is 1.47 bits per heavy atom. The third kappa shape index (κ3) is 2.69. The first kappa shape index (κ1) is 11.3. The average Bonchev–Trinajstić information content (AvgIpc) is 2.40. The Morgan fingerprint density at radius 3 is 1.94 bits per heavy atom. The van der Waals surface area contributed by atoms with Gasteiger partial charge in [0.2, 0.25) is 6.86 Å². The fourth-order valence-corrected chi connectivity index (χ4v) is 1.56. The van der Waals surface area contributed by atoms with Crippen LogP contribution in [-0.4, -0.2) is 13.1 Å². The van der Waals surface area contributed by atoms with E-state index in [2.05, 4.69) is 0 Å². The molecule has 2 nitrogen and oxygen atoms in total. The number of aldehydes is 1. The summed E-state index contributed by atoms with van der Waals surface area (Å²) < 4.78 is 16.7. The monoisotopic (exact) mass is 230 g/mol. The molecule has 2 aromatic rings. The summed E-state index contributed by atoms with van der Waals surface area (Å²) in [6.45, 7) is -0.826. The Morgan fingerprint density at radius 1 is 0.941 bits per heavy atom. The average molecular weight is 230 g/mol. The lowest BCUT2D eigenvalue weighted by molar-refractivity contribution is 0.112. The van der Waals surface area contributed by atoms with Crippen LogP contribution in [0, 0.1) is 0 Å². The van der Waals surface area contributed by atoms with E-state index in [1.54, 1.807) is 24.3 Å². The quantitative estimate of drug-likeness (QED) is 0.752. The van der Waals surface area contributed by atoms with E-state index < -0.39 is 6.86 Å². The Balaban J connectivity index is 2.23. The molecule has 0 aliphatic carbocycles. The van der Waals surface area contributed by atoms with Crippen molar-refractivity contribution in [2.24, 2.45) is 0 Å². The smallest absolute Gasteiger partial charge is 0.228 e. The molecular weight excluding hydrogens is 219 g/mol. The number of rotatable bonds is 4. The summed E-state index contributed by atoms with van der Waals surface area (Å²) in [4.78, 5) is 10.5. The highest BCUT2D eigenvalue weighted by molar-refractivity contribution is 5.76.